The van der Waals surface area contributed by atoms with Crippen molar-refractivity contribution in [2.24, 2.45) is 0 Å². The van der Waals surface area contributed by atoms with Gasteiger partial charge in [0.15, 0.2) is 0 Å². The Balaban J connectivity index is 1.89. The molecule has 0 aromatic heterocycles. The Bertz CT molecular complexity index is 798. The predicted octanol–water partition coefficient (Wildman–Crippen LogP) is 3.79. The average Bonchev–Trinajstić information content (AvgIpc) is 2.64. The van der Waals surface area contributed by atoms with Crippen molar-refractivity contribution in [1.82, 2.24) is 5.32 Å². The lowest BCUT2D eigenvalue weighted by atomic mass is 10.1. The lowest BCUT2D eigenvalue weighted by molar-refractivity contribution is -0.126. The van der Waals surface area contributed by atoms with Crippen LogP contribution in [-0.4, -0.2) is 24.9 Å². The van der Waals surface area contributed by atoms with E-state index in [1.807, 2.05) is 50.2 Å². The number of carbonyl (C=O) groups is 2. The monoisotopic (exact) mass is 367 g/mol. The number of aryl methyl sites for hydroxylation is 2. The summed E-state index contributed by atoms with van der Waals surface area (Å²) in [6.07, 6.45) is -0.191. The van der Waals surface area contributed by atoms with Gasteiger partial charge < -0.3 is 15.5 Å². The molecule has 0 unspecified atom stereocenters. The summed E-state index contributed by atoms with van der Waals surface area (Å²) < 4.78 is 0. The van der Waals surface area contributed by atoms with E-state index >= 15 is 0 Å². The molecule has 2 aromatic carbocycles. The minimum Gasteiger partial charge on any atom is -0.372 e. The third kappa shape index (κ3) is 5.84. The van der Waals surface area contributed by atoms with E-state index in [1.165, 1.54) is 0 Å². The van der Waals surface area contributed by atoms with Crippen molar-refractivity contribution < 1.29 is 9.59 Å². The molecule has 2 aromatic rings. The molecule has 0 aliphatic heterocycles. The minimum atomic E-state index is -0.309. The summed E-state index contributed by atoms with van der Waals surface area (Å²) in [5, 5.41) is 5.64. The van der Waals surface area contributed by atoms with Gasteiger partial charge in [0.25, 0.3) is 0 Å². The van der Waals surface area contributed by atoms with Crippen LogP contribution in [0.4, 0.5) is 11.4 Å². The molecule has 2 rings (SSSR count). The van der Waals surface area contributed by atoms with Crippen LogP contribution in [0.15, 0.2) is 42.5 Å². The molecule has 0 bridgehead atoms. The number of nitrogens with one attached hydrogen (secondary N) is 2. The maximum atomic E-state index is 12.2. The van der Waals surface area contributed by atoms with E-state index in [1.54, 1.807) is 0 Å². The molecular formula is C22H29N3O2. The van der Waals surface area contributed by atoms with Crippen LogP contribution in [0.2, 0.25) is 0 Å². The largest absolute Gasteiger partial charge is 0.372 e. The average molecular weight is 367 g/mol. The zero-order valence-electron chi connectivity index (χ0n) is 16.6. The molecule has 144 valence electrons. The fourth-order valence-electron chi connectivity index (χ4n) is 2.98. The van der Waals surface area contributed by atoms with Crippen molar-refractivity contribution in [3.63, 3.8) is 0 Å². The lowest BCUT2D eigenvalue weighted by Gasteiger charge is -2.22. The highest BCUT2D eigenvalue weighted by Gasteiger charge is 2.12. The van der Waals surface area contributed by atoms with Crippen molar-refractivity contribution in [2.45, 2.75) is 40.7 Å². The van der Waals surface area contributed by atoms with Gasteiger partial charge in [0.2, 0.25) is 11.8 Å². The second-order valence-corrected chi connectivity index (χ2v) is 6.60. The summed E-state index contributed by atoms with van der Waals surface area (Å²) in [7, 11) is 0. The van der Waals surface area contributed by atoms with Gasteiger partial charge in [0.1, 0.15) is 6.42 Å². The van der Waals surface area contributed by atoms with Crippen LogP contribution in [0, 0.1) is 13.8 Å². The van der Waals surface area contributed by atoms with E-state index < -0.39 is 0 Å². The van der Waals surface area contributed by atoms with Gasteiger partial charge in [-0.15, -0.1) is 0 Å². The summed E-state index contributed by atoms with van der Waals surface area (Å²) in [6.45, 7) is 10.5. The Morgan fingerprint density at radius 3 is 2.26 bits per heavy atom. The van der Waals surface area contributed by atoms with Gasteiger partial charge in [-0.2, -0.15) is 0 Å². The first-order valence-corrected chi connectivity index (χ1v) is 9.41. The van der Waals surface area contributed by atoms with Crippen molar-refractivity contribution >= 4 is 23.2 Å². The molecule has 27 heavy (non-hydrogen) atoms. The molecule has 0 heterocycles. The van der Waals surface area contributed by atoms with E-state index in [4.69, 9.17) is 0 Å². The molecule has 5 nitrogen and oxygen atoms in total. The standard InChI is InChI=1S/C22H29N3O2/c1-5-25(6-2)19-11-12-20(17(4)13-19)24-22(27)14-21(26)23-15-18-10-8-7-9-16(18)3/h7-13H,5-6,14-15H2,1-4H3,(H,23,26)(H,24,27). The van der Waals surface area contributed by atoms with Crippen LogP contribution in [-0.2, 0) is 16.1 Å². The second kappa shape index (κ2) is 9.76. The molecule has 0 saturated heterocycles. The van der Waals surface area contributed by atoms with E-state index in [0.717, 1.165) is 41.2 Å². The van der Waals surface area contributed by atoms with Gasteiger partial charge in [-0.3, -0.25) is 9.59 Å². The molecule has 2 amide bonds. The van der Waals surface area contributed by atoms with Crippen molar-refractivity contribution in [3.05, 3.63) is 59.2 Å². The van der Waals surface area contributed by atoms with E-state index in [2.05, 4.69) is 35.4 Å². The van der Waals surface area contributed by atoms with Crippen LogP contribution < -0.4 is 15.5 Å². The fraction of sp³-hybridized carbons (Fsp3) is 0.364. The Kier molecular flexibility index (Phi) is 7.41. The molecule has 2 N–H and O–H groups in total. The zero-order chi connectivity index (χ0) is 19.8. The highest BCUT2D eigenvalue weighted by atomic mass is 16.2. The summed E-state index contributed by atoms with van der Waals surface area (Å²) in [6, 6.07) is 13.8. The minimum absolute atomic E-state index is 0.191. The van der Waals surface area contributed by atoms with Crippen molar-refractivity contribution in [2.75, 3.05) is 23.3 Å². The summed E-state index contributed by atoms with van der Waals surface area (Å²) >= 11 is 0. The summed E-state index contributed by atoms with van der Waals surface area (Å²) in [5.74, 6) is -0.593. The van der Waals surface area contributed by atoms with Gasteiger partial charge >= 0.3 is 0 Å². The van der Waals surface area contributed by atoms with Crippen LogP contribution >= 0.6 is 0 Å². The van der Waals surface area contributed by atoms with Gasteiger partial charge in [-0.05, 0) is 62.6 Å². The first-order chi connectivity index (χ1) is 12.9. The predicted molar refractivity (Wildman–Crippen MR) is 111 cm³/mol. The van der Waals surface area contributed by atoms with E-state index in [0.29, 0.717) is 6.54 Å². The third-order valence-corrected chi connectivity index (χ3v) is 4.67. The SMILES string of the molecule is CCN(CC)c1ccc(NC(=O)CC(=O)NCc2ccccc2C)c(C)c1. The smallest absolute Gasteiger partial charge is 0.233 e. The van der Waals surface area contributed by atoms with E-state index in [9.17, 15) is 9.59 Å². The summed E-state index contributed by atoms with van der Waals surface area (Å²) in [5.41, 5.74) is 5.02. The zero-order valence-corrected chi connectivity index (χ0v) is 16.6. The first-order valence-electron chi connectivity index (χ1n) is 9.41. The number of nitrogens with zero attached hydrogens (tertiary/aromatic N) is 1. The number of hydrogen-bond donors (Lipinski definition) is 2. The molecule has 0 atom stereocenters. The van der Waals surface area contributed by atoms with Gasteiger partial charge in [-0.1, -0.05) is 24.3 Å². The topological polar surface area (TPSA) is 61.4 Å². The Hall–Kier alpha value is -2.82. The molecule has 0 saturated carbocycles. The lowest BCUT2D eigenvalue weighted by Crippen LogP contribution is -2.28. The summed E-state index contributed by atoms with van der Waals surface area (Å²) in [4.78, 5) is 26.5. The number of amides is 2. The second-order valence-electron chi connectivity index (χ2n) is 6.60. The number of hydrogen-bond acceptors (Lipinski definition) is 3. The number of carbonyl (C=O) groups excluding carboxylic acids is 2. The number of benzene rings is 2. The molecule has 0 spiro atoms. The molecule has 0 radical (unpaired) electrons. The molecule has 0 fully saturated rings. The molecular weight excluding hydrogens is 338 g/mol. The fourth-order valence-corrected chi connectivity index (χ4v) is 2.98. The Morgan fingerprint density at radius 2 is 1.63 bits per heavy atom. The van der Waals surface area contributed by atoms with Crippen LogP contribution in [0.25, 0.3) is 0 Å². The molecule has 0 aliphatic rings. The number of rotatable bonds is 8. The maximum Gasteiger partial charge on any atom is 0.233 e. The van der Waals surface area contributed by atoms with Crippen molar-refractivity contribution in [1.29, 1.82) is 0 Å². The number of anilines is 2. The highest BCUT2D eigenvalue weighted by molar-refractivity contribution is 6.03. The van der Waals surface area contributed by atoms with E-state index in [-0.39, 0.29) is 18.2 Å². The van der Waals surface area contributed by atoms with Gasteiger partial charge in [0, 0.05) is 31.0 Å². The molecule has 5 heteroatoms. The first kappa shape index (κ1) is 20.5. The van der Waals surface area contributed by atoms with Crippen LogP contribution in [0.1, 0.15) is 37.0 Å². The normalized spacial score (nSPS) is 10.4. The van der Waals surface area contributed by atoms with Crippen molar-refractivity contribution in [3.8, 4) is 0 Å². The Labute approximate surface area is 161 Å². The van der Waals surface area contributed by atoms with Gasteiger partial charge in [-0.25, -0.2) is 0 Å². The van der Waals surface area contributed by atoms with Crippen LogP contribution in [0.5, 0.6) is 0 Å². The van der Waals surface area contributed by atoms with Gasteiger partial charge in [0.05, 0.1) is 0 Å². The Morgan fingerprint density at radius 1 is 0.926 bits per heavy atom. The third-order valence-electron chi connectivity index (χ3n) is 4.67. The molecule has 0 aliphatic carbocycles. The maximum absolute atomic E-state index is 12.2. The highest BCUT2D eigenvalue weighted by Crippen LogP contribution is 2.22. The van der Waals surface area contributed by atoms with Crippen LogP contribution in [0.3, 0.4) is 0 Å². The quantitative estimate of drug-likeness (QED) is 0.698.